The lowest BCUT2D eigenvalue weighted by atomic mass is 9.49. The second kappa shape index (κ2) is 3.25. The predicted octanol–water partition coefficient (Wildman–Crippen LogP) is 1.74. The van der Waals surface area contributed by atoms with E-state index in [9.17, 15) is 0 Å². The zero-order valence-electron chi connectivity index (χ0n) is 9.59. The molecule has 1 unspecified atom stereocenters. The molecule has 13 heavy (non-hydrogen) atoms. The van der Waals surface area contributed by atoms with Gasteiger partial charge in [-0.3, -0.25) is 0 Å². The number of aliphatic hydroxyl groups is 1. The standard InChI is InChI=1S/C11H23NO/c1-10(2)9(6-7-13)8-11(10,3)12(4)5/h9,13H,6-8H2,1-5H3/t9-,11?/m0/s1. The van der Waals surface area contributed by atoms with Crippen molar-refractivity contribution in [3.63, 3.8) is 0 Å². The topological polar surface area (TPSA) is 23.5 Å². The molecule has 0 radical (unpaired) electrons. The van der Waals surface area contributed by atoms with E-state index in [1.54, 1.807) is 0 Å². The summed E-state index contributed by atoms with van der Waals surface area (Å²) < 4.78 is 0. The maximum absolute atomic E-state index is 8.93. The number of hydrogen-bond donors (Lipinski definition) is 1. The Bertz CT molecular complexity index is 189. The van der Waals surface area contributed by atoms with Gasteiger partial charge in [0, 0.05) is 12.1 Å². The van der Waals surface area contributed by atoms with Crippen LogP contribution in [-0.4, -0.2) is 36.2 Å². The predicted molar refractivity (Wildman–Crippen MR) is 55.7 cm³/mol. The summed E-state index contributed by atoms with van der Waals surface area (Å²) in [5.74, 6) is 0.685. The average molecular weight is 185 g/mol. The third-order valence-electron chi connectivity index (χ3n) is 4.52. The molecule has 0 saturated heterocycles. The van der Waals surface area contributed by atoms with E-state index in [0.29, 0.717) is 23.5 Å². The first-order valence-corrected chi connectivity index (χ1v) is 5.14. The third kappa shape index (κ3) is 1.40. The van der Waals surface area contributed by atoms with E-state index in [-0.39, 0.29) is 0 Å². The van der Waals surface area contributed by atoms with Crippen molar-refractivity contribution in [3.05, 3.63) is 0 Å². The van der Waals surface area contributed by atoms with Gasteiger partial charge in [-0.05, 0) is 45.2 Å². The Balaban J connectivity index is 2.68. The van der Waals surface area contributed by atoms with Crippen LogP contribution in [0.25, 0.3) is 0 Å². The smallest absolute Gasteiger partial charge is 0.0433 e. The summed E-state index contributed by atoms with van der Waals surface area (Å²) in [6.45, 7) is 7.28. The van der Waals surface area contributed by atoms with Crippen LogP contribution in [0, 0.1) is 11.3 Å². The van der Waals surface area contributed by atoms with Crippen molar-refractivity contribution in [1.82, 2.24) is 4.90 Å². The molecular formula is C11H23NO. The molecule has 2 heteroatoms. The summed E-state index contributed by atoms with van der Waals surface area (Å²) >= 11 is 0. The van der Waals surface area contributed by atoms with E-state index < -0.39 is 0 Å². The Kier molecular flexibility index (Phi) is 2.75. The van der Waals surface area contributed by atoms with Crippen molar-refractivity contribution in [2.24, 2.45) is 11.3 Å². The molecule has 1 N–H and O–H groups in total. The zero-order chi connectivity index (χ0) is 10.3. The number of hydrogen-bond acceptors (Lipinski definition) is 2. The van der Waals surface area contributed by atoms with E-state index in [2.05, 4.69) is 39.8 Å². The Morgan fingerprint density at radius 2 is 1.85 bits per heavy atom. The van der Waals surface area contributed by atoms with E-state index >= 15 is 0 Å². The first-order chi connectivity index (χ1) is 5.86. The van der Waals surface area contributed by atoms with Gasteiger partial charge in [-0.25, -0.2) is 0 Å². The van der Waals surface area contributed by atoms with Crippen molar-refractivity contribution in [1.29, 1.82) is 0 Å². The molecule has 78 valence electrons. The van der Waals surface area contributed by atoms with Crippen LogP contribution in [0.1, 0.15) is 33.6 Å². The van der Waals surface area contributed by atoms with Gasteiger partial charge in [0.2, 0.25) is 0 Å². The molecule has 0 amide bonds. The summed E-state index contributed by atoms with van der Waals surface area (Å²) in [7, 11) is 4.30. The molecule has 2 nitrogen and oxygen atoms in total. The van der Waals surface area contributed by atoms with Crippen molar-refractivity contribution >= 4 is 0 Å². The first kappa shape index (κ1) is 11.0. The molecule has 2 atom stereocenters. The Morgan fingerprint density at radius 1 is 1.31 bits per heavy atom. The minimum absolute atomic E-state index is 0.312. The van der Waals surface area contributed by atoms with Gasteiger partial charge in [0.15, 0.2) is 0 Å². The highest BCUT2D eigenvalue weighted by Gasteiger charge is 2.57. The molecule has 1 fully saturated rings. The second-order valence-corrected chi connectivity index (χ2v) is 5.30. The maximum Gasteiger partial charge on any atom is 0.0433 e. The lowest BCUT2D eigenvalue weighted by Crippen LogP contribution is -2.65. The van der Waals surface area contributed by atoms with E-state index in [4.69, 9.17) is 5.11 Å². The monoisotopic (exact) mass is 185 g/mol. The fourth-order valence-electron chi connectivity index (χ4n) is 2.68. The molecule has 1 aliphatic carbocycles. The second-order valence-electron chi connectivity index (χ2n) is 5.30. The molecule has 1 rings (SSSR count). The van der Waals surface area contributed by atoms with Crippen LogP contribution in [0.4, 0.5) is 0 Å². The van der Waals surface area contributed by atoms with Crippen molar-refractivity contribution < 1.29 is 5.11 Å². The van der Waals surface area contributed by atoms with Crippen LogP contribution in [0.2, 0.25) is 0 Å². The summed E-state index contributed by atoms with van der Waals surface area (Å²) in [6.07, 6.45) is 2.17. The van der Waals surface area contributed by atoms with Crippen molar-refractivity contribution in [3.8, 4) is 0 Å². The SMILES string of the molecule is CN(C)C1(C)C[C@H](CCO)C1(C)C. The van der Waals surface area contributed by atoms with E-state index in [0.717, 1.165) is 6.42 Å². The van der Waals surface area contributed by atoms with Gasteiger partial charge in [-0.2, -0.15) is 0 Å². The zero-order valence-corrected chi connectivity index (χ0v) is 9.59. The summed E-state index contributed by atoms with van der Waals surface area (Å²) in [5.41, 5.74) is 0.645. The number of rotatable bonds is 3. The quantitative estimate of drug-likeness (QED) is 0.724. The molecule has 0 aromatic rings. The largest absolute Gasteiger partial charge is 0.396 e. The van der Waals surface area contributed by atoms with Crippen LogP contribution in [0.3, 0.4) is 0 Å². The molecule has 0 aliphatic heterocycles. The Labute approximate surface area is 81.9 Å². The van der Waals surface area contributed by atoms with Gasteiger partial charge in [0.25, 0.3) is 0 Å². The van der Waals surface area contributed by atoms with Crippen LogP contribution in [0.5, 0.6) is 0 Å². The lowest BCUT2D eigenvalue weighted by molar-refractivity contribution is -0.128. The minimum Gasteiger partial charge on any atom is -0.396 e. The lowest BCUT2D eigenvalue weighted by Gasteiger charge is -2.63. The molecule has 1 aliphatic rings. The molecule has 0 aromatic carbocycles. The van der Waals surface area contributed by atoms with Gasteiger partial charge >= 0.3 is 0 Å². The van der Waals surface area contributed by atoms with Crippen molar-refractivity contribution in [2.75, 3.05) is 20.7 Å². The molecule has 0 aromatic heterocycles. The molecular weight excluding hydrogens is 162 g/mol. The van der Waals surface area contributed by atoms with Gasteiger partial charge in [-0.15, -0.1) is 0 Å². The Hall–Kier alpha value is -0.0800. The highest BCUT2D eigenvalue weighted by atomic mass is 16.3. The van der Waals surface area contributed by atoms with Crippen LogP contribution in [-0.2, 0) is 0 Å². The maximum atomic E-state index is 8.93. The molecule has 0 heterocycles. The molecule has 0 spiro atoms. The van der Waals surface area contributed by atoms with Gasteiger partial charge in [-0.1, -0.05) is 13.8 Å². The number of aliphatic hydroxyl groups excluding tert-OH is 1. The fourth-order valence-corrected chi connectivity index (χ4v) is 2.68. The van der Waals surface area contributed by atoms with Gasteiger partial charge < -0.3 is 10.0 Å². The van der Waals surface area contributed by atoms with E-state index in [1.165, 1.54) is 6.42 Å². The highest BCUT2D eigenvalue weighted by molar-refractivity contribution is 5.10. The number of nitrogens with zero attached hydrogens (tertiary/aromatic N) is 1. The van der Waals surface area contributed by atoms with Crippen LogP contribution >= 0.6 is 0 Å². The third-order valence-corrected chi connectivity index (χ3v) is 4.52. The normalized spacial score (nSPS) is 37.6. The fraction of sp³-hybridized carbons (Fsp3) is 1.00. The van der Waals surface area contributed by atoms with Crippen LogP contribution in [0.15, 0.2) is 0 Å². The van der Waals surface area contributed by atoms with E-state index in [1.807, 2.05) is 0 Å². The molecule has 1 saturated carbocycles. The highest BCUT2D eigenvalue weighted by Crippen LogP contribution is 2.57. The summed E-state index contributed by atoms with van der Waals surface area (Å²) in [5, 5.41) is 8.93. The first-order valence-electron chi connectivity index (χ1n) is 5.14. The molecule has 0 bridgehead atoms. The minimum atomic E-state index is 0.312. The average Bonchev–Trinajstić information content (AvgIpc) is 2.03. The van der Waals surface area contributed by atoms with Gasteiger partial charge in [0.05, 0.1) is 0 Å². The summed E-state index contributed by atoms with van der Waals surface area (Å²) in [4.78, 5) is 2.32. The van der Waals surface area contributed by atoms with Crippen molar-refractivity contribution in [2.45, 2.75) is 39.2 Å². The summed E-state index contributed by atoms with van der Waals surface area (Å²) in [6, 6.07) is 0. The van der Waals surface area contributed by atoms with Crippen LogP contribution < -0.4 is 0 Å². The van der Waals surface area contributed by atoms with Gasteiger partial charge in [0.1, 0.15) is 0 Å². The Morgan fingerprint density at radius 3 is 2.15 bits per heavy atom.